The highest BCUT2D eigenvalue weighted by molar-refractivity contribution is 7.21. The van der Waals surface area contributed by atoms with Gasteiger partial charge in [0.1, 0.15) is 11.9 Å². The Morgan fingerprint density at radius 3 is 2.58 bits per heavy atom. The molecule has 38 heavy (non-hydrogen) atoms. The number of nitrogens with one attached hydrogen (secondary N) is 1. The van der Waals surface area contributed by atoms with Crippen LogP contribution in [0.4, 0.5) is 5.82 Å². The number of carboxylic acid groups (broad SMARTS) is 1. The number of methoxy groups -OCH3 is 1. The number of carboxylic acids is 1. The standard InChI is InChI=1S/C29H31N3O5S/c1-15(25(30)29(35)36)8-9-18-6-5-7-22-21(18)12-13-23(31-22)32-28(34)26-16(2)24-19(14-37-4)10-11-20(17(3)33)27(24)38-26/h5-7,10-13,15,25H,8-9,14,30H2,1-4H3,(H,35,36)(H,31,32,34). The van der Waals surface area contributed by atoms with E-state index in [-0.39, 0.29) is 17.6 Å². The Bertz CT molecular complexity index is 1540. The predicted octanol–water partition coefficient (Wildman–Crippen LogP) is 5.34. The molecule has 2 aromatic heterocycles. The van der Waals surface area contributed by atoms with E-state index in [0.717, 1.165) is 37.7 Å². The monoisotopic (exact) mass is 533 g/mol. The van der Waals surface area contributed by atoms with Crippen LogP contribution in [0.25, 0.3) is 21.0 Å². The first kappa shape index (κ1) is 27.4. The Morgan fingerprint density at radius 1 is 1.13 bits per heavy atom. The van der Waals surface area contributed by atoms with Crippen LogP contribution < -0.4 is 11.1 Å². The molecule has 4 N–H and O–H groups in total. The summed E-state index contributed by atoms with van der Waals surface area (Å²) in [6.45, 7) is 5.62. The molecule has 0 spiro atoms. The minimum atomic E-state index is -1.00. The van der Waals surface area contributed by atoms with Gasteiger partial charge < -0.3 is 20.9 Å². The van der Waals surface area contributed by atoms with Crippen molar-refractivity contribution in [1.29, 1.82) is 0 Å². The third-order valence-corrected chi connectivity index (χ3v) is 8.20. The van der Waals surface area contributed by atoms with Crippen molar-refractivity contribution in [3.8, 4) is 0 Å². The number of pyridine rings is 1. The number of ketones is 1. The zero-order valence-electron chi connectivity index (χ0n) is 21.8. The molecule has 2 atom stereocenters. The topological polar surface area (TPSA) is 132 Å². The van der Waals surface area contributed by atoms with Gasteiger partial charge >= 0.3 is 5.97 Å². The maximum Gasteiger partial charge on any atom is 0.320 e. The summed E-state index contributed by atoms with van der Waals surface area (Å²) in [6.07, 6.45) is 1.29. The third kappa shape index (κ3) is 5.45. The van der Waals surface area contributed by atoms with Gasteiger partial charge in [-0.3, -0.25) is 14.4 Å². The highest BCUT2D eigenvalue weighted by Crippen LogP contribution is 2.37. The zero-order chi connectivity index (χ0) is 27.6. The number of ether oxygens (including phenoxy) is 1. The highest BCUT2D eigenvalue weighted by atomic mass is 32.1. The number of nitrogens with two attached hydrogens (primary N) is 1. The average molecular weight is 534 g/mol. The fourth-order valence-electron chi connectivity index (χ4n) is 4.69. The lowest BCUT2D eigenvalue weighted by Crippen LogP contribution is -2.36. The number of hydrogen-bond donors (Lipinski definition) is 3. The summed E-state index contributed by atoms with van der Waals surface area (Å²) in [5, 5.41) is 13.9. The van der Waals surface area contributed by atoms with Crippen LogP contribution in [0, 0.1) is 12.8 Å². The molecule has 4 rings (SSSR count). The lowest BCUT2D eigenvalue weighted by molar-refractivity contribution is -0.139. The molecule has 198 valence electrons. The van der Waals surface area contributed by atoms with E-state index in [2.05, 4.69) is 10.3 Å². The number of nitrogens with zero attached hydrogens (tertiary/aromatic N) is 1. The van der Waals surface area contributed by atoms with E-state index in [0.29, 0.717) is 35.7 Å². The summed E-state index contributed by atoms with van der Waals surface area (Å²) in [7, 11) is 1.61. The highest BCUT2D eigenvalue weighted by Gasteiger charge is 2.22. The van der Waals surface area contributed by atoms with Gasteiger partial charge in [-0.1, -0.05) is 25.1 Å². The summed E-state index contributed by atoms with van der Waals surface area (Å²) >= 11 is 1.30. The maximum absolute atomic E-state index is 13.3. The van der Waals surface area contributed by atoms with E-state index in [1.807, 2.05) is 44.2 Å². The van der Waals surface area contributed by atoms with Gasteiger partial charge in [0.15, 0.2) is 5.78 Å². The molecule has 4 aromatic rings. The first-order valence-electron chi connectivity index (χ1n) is 12.4. The summed E-state index contributed by atoms with van der Waals surface area (Å²) < 4.78 is 6.12. The van der Waals surface area contributed by atoms with Gasteiger partial charge in [0, 0.05) is 28.1 Å². The molecule has 0 fully saturated rings. The van der Waals surface area contributed by atoms with Crippen LogP contribution >= 0.6 is 11.3 Å². The second-order valence-electron chi connectivity index (χ2n) is 9.54. The number of amides is 1. The number of carbonyl (C=O) groups excluding carboxylic acids is 2. The van der Waals surface area contributed by atoms with Gasteiger partial charge in [-0.05, 0) is 73.6 Å². The van der Waals surface area contributed by atoms with Crippen LogP contribution in [0.3, 0.4) is 0 Å². The maximum atomic E-state index is 13.3. The van der Waals surface area contributed by atoms with Gasteiger partial charge in [0.05, 0.1) is 17.0 Å². The van der Waals surface area contributed by atoms with Gasteiger partial charge in [-0.2, -0.15) is 0 Å². The Balaban J connectivity index is 1.60. The second-order valence-corrected chi connectivity index (χ2v) is 10.6. The van der Waals surface area contributed by atoms with Crippen LogP contribution in [0.5, 0.6) is 0 Å². The Labute approximate surface area is 224 Å². The number of anilines is 1. The third-order valence-electron chi connectivity index (χ3n) is 6.88. The number of benzene rings is 2. The Hall–Kier alpha value is -3.66. The second kappa shape index (κ2) is 11.4. The molecule has 0 aliphatic rings. The minimum Gasteiger partial charge on any atom is -0.480 e. The SMILES string of the molecule is COCc1ccc(C(C)=O)c2sc(C(=O)Nc3ccc4c(CCC(C)C(N)C(=O)O)cccc4n3)c(C)c12. The zero-order valence-corrected chi connectivity index (χ0v) is 22.6. The number of aryl methyl sites for hydroxylation is 2. The van der Waals surface area contributed by atoms with E-state index in [4.69, 9.17) is 15.6 Å². The number of thiophene rings is 1. The van der Waals surface area contributed by atoms with Crippen LogP contribution in [-0.4, -0.2) is 40.9 Å². The lowest BCUT2D eigenvalue weighted by Gasteiger charge is -2.16. The number of hydrogen-bond acceptors (Lipinski definition) is 7. The van der Waals surface area contributed by atoms with Crippen molar-refractivity contribution >= 4 is 55.8 Å². The van der Waals surface area contributed by atoms with Crippen molar-refractivity contribution in [2.75, 3.05) is 12.4 Å². The molecule has 0 bridgehead atoms. The average Bonchev–Trinajstić information content (AvgIpc) is 3.24. The molecule has 9 heteroatoms. The van der Waals surface area contributed by atoms with Crippen LogP contribution in [0.1, 0.15) is 57.0 Å². The van der Waals surface area contributed by atoms with Crippen molar-refractivity contribution in [2.24, 2.45) is 11.7 Å². The molecular weight excluding hydrogens is 502 g/mol. The molecule has 0 aliphatic heterocycles. The van der Waals surface area contributed by atoms with Crippen molar-refractivity contribution in [1.82, 2.24) is 4.98 Å². The van der Waals surface area contributed by atoms with E-state index in [9.17, 15) is 14.4 Å². The van der Waals surface area contributed by atoms with Crippen LogP contribution in [-0.2, 0) is 22.6 Å². The molecule has 2 heterocycles. The predicted molar refractivity (Wildman–Crippen MR) is 150 cm³/mol. The number of rotatable bonds is 10. The van der Waals surface area contributed by atoms with E-state index < -0.39 is 12.0 Å². The van der Waals surface area contributed by atoms with Crippen molar-refractivity contribution in [3.05, 3.63) is 69.6 Å². The molecule has 0 saturated heterocycles. The van der Waals surface area contributed by atoms with E-state index >= 15 is 0 Å². The van der Waals surface area contributed by atoms with Crippen LogP contribution in [0.2, 0.25) is 0 Å². The normalized spacial score (nSPS) is 13.0. The first-order chi connectivity index (χ1) is 18.1. The summed E-state index contributed by atoms with van der Waals surface area (Å²) in [5.74, 6) is -1.10. The summed E-state index contributed by atoms with van der Waals surface area (Å²) in [5.41, 5.74) is 9.84. The molecule has 8 nitrogen and oxygen atoms in total. The van der Waals surface area contributed by atoms with Gasteiger partial charge in [-0.15, -0.1) is 11.3 Å². The van der Waals surface area contributed by atoms with Crippen molar-refractivity contribution in [3.63, 3.8) is 0 Å². The van der Waals surface area contributed by atoms with Crippen molar-refractivity contribution < 1.29 is 24.2 Å². The molecule has 2 aromatic carbocycles. The Morgan fingerprint density at radius 2 is 1.89 bits per heavy atom. The number of aliphatic carboxylic acids is 1. The van der Waals surface area contributed by atoms with E-state index in [1.54, 1.807) is 19.2 Å². The Kier molecular flexibility index (Phi) is 8.20. The first-order valence-corrected chi connectivity index (χ1v) is 13.2. The lowest BCUT2D eigenvalue weighted by atomic mass is 9.93. The smallest absolute Gasteiger partial charge is 0.320 e. The summed E-state index contributed by atoms with van der Waals surface area (Å²) in [4.78, 5) is 41.9. The quantitative estimate of drug-likeness (QED) is 0.234. The number of carbonyl (C=O) groups is 3. The van der Waals surface area contributed by atoms with E-state index in [1.165, 1.54) is 18.3 Å². The molecule has 2 unspecified atom stereocenters. The molecule has 1 amide bonds. The molecule has 0 aliphatic carbocycles. The molecular formula is C29H31N3O5S. The number of Topliss-reactive ketones (excluding diaryl/α,β-unsaturated/α-hetero) is 1. The number of fused-ring (bicyclic) bond motifs is 2. The van der Waals surface area contributed by atoms with Crippen molar-refractivity contribution in [2.45, 2.75) is 46.3 Å². The van der Waals surface area contributed by atoms with Gasteiger partial charge in [-0.25, -0.2) is 4.98 Å². The molecule has 0 radical (unpaired) electrons. The largest absolute Gasteiger partial charge is 0.480 e. The minimum absolute atomic E-state index is 0.0569. The fourth-order valence-corrected chi connectivity index (χ4v) is 6.00. The van der Waals surface area contributed by atoms with Gasteiger partial charge in [0.2, 0.25) is 0 Å². The summed E-state index contributed by atoms with van der Waals surface area (Å²) in [6, 6.07) is 12.2. The number of aromatic nitrogens is 1. The fraction of sp³-hybridized carbons (Fsp3) is 0.310. The van der Waals surface area contributed by atoms with Gasteiger partial charge in [0.25, 0.3) is 5.91 Å². The molecule has 0 saturated carbocycles. The van der Waals surface area contributed by atoms with Crippen LogP contribution in [0.15, 0.2) is 42.5 Å².